The molecule has 0 aromatic rings. The molecule has 0 amide bonds. The third-order valence-electron chi connectivity index (χ3n) is 9.67. The molecule has 0 aliphatic heterocycles. The zero-order valence-corrected chi connectivity index (χ0v) is 17.8. The molecule has 0 aromatic carbocycles. The van der Waals surface area contributed by atoms with Crippen LogP contribution in [0.3, 0.4) is 0 Å². The highest BCUT2D eigenvalue weighted by Crippen LogP contribution is 2.64. The highest BCUT2D eigenvalue weighted by Gasteiger charge is 2.58. The Morgan fingerprint density at radius 2 is 1.26 bits per heavy atom. The van der Waals surface area contributed by atoms with E-state index in [2.05, 4.69) is 41.5 Å². The first-order valence-electron chi connectivity index (χ1n) is 11.0. The molecular weight excluding hydrogens is 292 g/mol. The summed E-state index contributed by atoms with van der Waals surface area (Å²) in [5.74, 6) is 6.12. The predicted molar refractivity (Wildman–Crippen MR) is 106 cm³/mol. The number of fused-ring (bicyclic) bond motifs is 1. The van der Waals surface area contributed by atoms with Crippen LogP contribution in [0.4, 0.5) is 0 Å². The SMILES string of the molecule is CC[Si](CC)(C1CCC2CCCCC21)C1C(C)C(C)C(C)C1C. The van der Waals surface area contributed by atoms with Gasteiger partial charge in [0.05, 0.1) is 8.07 Å². The normalized spacial score (nSPS) is 47.7. The van der Waals surface area contributed by atoms with Crippen molar-refractivity contribution in [3.8, 4) is 0 Å². The van der Waals surface area contributed by atoms with Crippen LogP contribution in [-0.4, -0.2) is 8.07 Å². The summed E-state index contributed by atoms with van der Waals surface area (Å²) in [7, 11) is -1.20. The second-order valence-electron chi connectivity index (χ2n) is 9.79. The monoisotopic (exact) mass is 334 g/mol. The Bertz CT molecular complexity index is 385. The van der Waals surface area contributed by atoms with E-state index in [0.717, 1.165) is 41.0 Å². The molecule has 0 nitrogen and oxygen atoms in total. The lowest BCUT2D eigenvalue weighted by Crippen LogP contribution is -2.48. The highest BCUT2D eigenvalue weighted by atomic mass is 28.3. The van der Waals surface area contributed by atoms with Crippen molar-refractivity contribution in [2.45, 2.75) is 103 Å². The molecule has 0 aromatic heterocycles. The molecule has 7 atom stereocenters. The van der Waals surface area contributed by atoms with Gasteiger partial charge in [-0.1, -0.05) is 92.2 Å². The molecule has 0 spiro atoms. The average Bonchev–Trinajstić information content (AvgIpc) is 3.08. The molecule has 3 saturated carbocycles. The number of hydrogen-bond acceptors (Lipinski definition) is 0. The van der Waals surface area contributed by atoms with Crippen molar-refractivity contribution in [3.63, 3.8) is 0 Å². The summed E-state index contributed by atoms with van der Waals surface area (Å²) in [6.45, 7) is 15.6. The lowest BCUT2D eigenvalue weighted by molar-refractivity contribution is 0.272. The van der Waals surface area contributed by atoms with E-state index in [1.807, 2.05) is 0 Å². The first kappa shape index (κ1) is 18.0. The molecular formula is C22H42Si. The minimum atomic E-state index is -1.20. The molecule has 0 radical (unpaired) electrons. The van der Waals surface area contributed by atoms with Gasteiger partial charge in [-0.15, -0.1) is 0 Å². The maximum Gasteiger partial charge on any atom is 0.0600 e. The van der Waals surface area contributed by atoms with Crippen LogP contribution in [0.2, 0.25) is 23.2 Å². The molecule has 7 unspecified atom stereocenters. The summed E-state index contributed by atoms with van der Waals surface area (Å²) in [6.07, 6.45) is 9.43. The maximum atomic E-state index is 2.63. The zero-order chi connectivity index (χ0) is 16.8. The Morgan fingerprint density at radius 1 is 0.696 bits per heavy atom. The van der Waals surface area contributed by atoms with Gasteiger partial charge in [-0.2, -0.15) is 0 Å². The van der Waals surface area contributed by atoms with Gasteiger partial charge in [-0.25, -0.2) is 0 Å². The molecule has 3 aliphatic carbocycles. The van der Waals surface area contributed by atoms with E-state index in [1.54, 1.807) is 37.8 Å². The van der Waals surface area contributed by atoms with Crippen molar-refractivity contribution < 1.29 is 0 Å². The molecule has 3 rings (SSSR count). The van der Waals surface area contributed by atoms with E-state index < -0.39 is 8.07 Å². The minimum absolute atomic E-state index is 0.948. The van der Waals surface area contributed by atoms with Gasteiger partial charge in [0.25, 0.3) is 0 Å². The van der Waals surface area contributed by atoms with Gasteiger partial charge in [-0.05, 0) is 46.6 Å². The standard InChI is InChI=1S/C22H42Si/c1-7-23(8-2,22-17(5)15(3)16(4)18(22)6)21-14-13-19-11-9-10-12-20(19)21/h15-22H,7-14H2,1-6H3. The summed E-state index contributed by atoms with van der Waals surface area (Å²) < 4.78 is 0. The lowest BCUT2D eigenvalue weighted by Gasteiger charge is -2.49. The van der Waals surface area contributed by atoms with Crippen LogP contribution in [0.1, 0.15) is 80.1 Å². The maximum absolute atomic E-state index is 2.63. The summed E-state index contributed by atoms with van der Waals surface area (Å²) in [5.41, 5.74) is 2.28. The fourth-order valence-corrected chi connectivity index (χ4v) is 15.8. The smallest absolute Gasteiger partial charge is 0.0600 e. The lowest BCUT2D eigenvalue weighted by atomic mass is 9.82. The van der Waals surface area contributed by atoms with Crippen molar-refractivity contribution in [1.29, 1.82) is 0 Å². The zero-order valence-electron chi connectivity index (χ0n) is 16.8. The van der Waals surface area contributed by atoms with Crippen LogP contribution in [0, 0.1) is 35.5 Å². The van der Waals surface area contributed by atoms with Crippen molar-refractivity contribution in [2.75, 3.05) is 0 Å². The van der Waals surface area contributed by atoms with E-state index in [1.165, 1.54) is 18.4 Å². The second kappa shape index (κ2) is 6.85. The first-order chi connectivity index (χ1) is 11.0. The van der Waals surface area contributed by atoms with Crippen LogP contribution in [0.15, 0.2) is 0 Å². The van der Waals surface area contributed by atoms with E-state index in [4.69, 9.17) is 0 Å². The Hall–Kier alpha value is 0.217. The van der Waals surface area contributed by atoms with Gasteiger partial charge < -0.3 is 0 Å². The average molecular weight is 335 g/mol. The van der Waals surface area contributed by atoms with Crippen molar-refractivity contribution >= 4 is 8.07 Å². The molecule has 0 heterocycles. The predicted octanol–water partition coefficient (Wildman–Crippen LogP) is 7.37. The molecule has 3 aliphatic rings. The molecule has 1 heteroatoms. The van der Waals surface area contributed by atoms with E-state index in [9.17, 15) is 0 Å². The Kier molecular flexibility index (Phi) is 5.37. The largest absolute Gasteiger partial charge is 0.0678 e. The van der Waals surface area contributed by atoms with Crippen molar-refractivity contribution in [1.82, 2.24) is 0 Å². The second-order valence-corrected chi connectivity index (χ2v) is 15.1. The molecule has 0 bridgehead atoms. The summed E-state index contributed by atoms with van der Waals surface area (Å²) >= 11 is 0. The summed E-state index contributed by atoms with van der Waals surface area (Å²) in [6, 6.07) is 3.13. The molecule has 0 N–H and O–H groups in total. The van der Waals surface area contributed by atoms with Crippen LogP contribution in [0.25, 0.3) is 0 Å². The Labute approximate surface area is 147 Å². The van der Waals surface area contributed by atoms with Gasteiger partial charge in [0, 0.05) is 0 Å². The molecule has 23 heavy (non-hydrogen) atoms. The van der Waals surface area contributed by atoms with Crippen molar-refractivity contribution in [2.24, 2.45) is 35.5 Å². The van der Waals surface area contributed by atoms with Gasteiger partial charge in [-0.3, -0.25) is 0 Å². The highest BCUT2D eigenvalue weighted by molar-refractivity contribution is 6.82. The minimum Gasteiger partial charge on any atom is -0.0678 e. The van der Waals surface area contributed by atoms with Gasteiger partial charge in [0.15, 0.2) is 0 Å². The van der Waals surface area contributed by atoms with Gasteiger partial charge >= 0.3 is 0 Å². The summed E-state index contributed by atoms with van der Waals surface area (Å²) in [5, 5.41) is 0. The van der Waals surface area contributed by atoms with E-state index in [-0.39, 0.29) is 0 Å². The topological polar surface area (TPSA) is 0 Å². The molecule has 0 saturated heterocycles. The third-order valence-corrected chi connectivity index (χ3v) is 16.9. The number of rotatable bonds is 4. The first-order valence-corrected chi connectivity index (χ1v) is 13.5. The van der Waals surface area contributed by atoms with E-state index >= 15 is 0 Å². The fourth-order valence-electron chi connectivity index (χ4n) is 8.08. The molecule has 134 valence electrons. The molecule has 3 fully saturated rings. The number of hydrogen-bond donors (Lipinski definition) is 0. The van der Waals surface area contributed by atoms with Crippen molar-refractivity contribution in [3.05, 3.63) is 0 Å². The Morgan fingerprint density at radius 3 is 1.83 bits per heavy atom. The van der Waals surface area contributed by atoms with Crippen LogP contribution < -0.4 is 0 Å². The van der Waals surface area contributed by atoms with Crippen LogP contribution >= 0.6 is 0 Å². The fraction of sp³-hybridized carbons (Fsp3) is 1.00. The van der Waals surface area contributed by atoms with Gasteiger partial charge in [0.1, 0.15) is 0 Å². The quantitative estimate of drug-likeness (QED) is 0.471. The third kappa shape index (κ3) is 2.68. The van der Waals surface area contributed by atoms with Crippen LogP contribution in [-0.2, 0) is 0 Å². The van der Waals surface area contributed by atoms with E-state index in [0.29, 0.717) is 0 Å². The Balaban J connectivity index is 1.93. The van der Waals surface area contributed by atoms with Gasteiger partial charge in [0.2, 0.25) is 0 Å². The summed E-state index contributed by atoms with van der Waals surface area (Å²) in [4.78, 5) is 0. The van der Waals surface area contributed by atoms with Crippen LogP contribution in [0.5, 0.6) is 0 Å².